The topological polar surface area (TPSA) is 57.0 Å². The Morgan fingerprint density at radius 3 is 2.40 bits per heavy atom. The summed E-state index contributed by atoms with van der Waals surface area (Å²) in [5, 5.41) is 0. The molecule has 0 saturated carbocycles. The van der Waals surface area contributed by atoms with Crippen LogP contribution >= 0.6 is 0 Å². The highest BCUT2D eigenvalue weighted by molar-refractivity contribution is 5.62. The van der Waals surface area contributed by atoms with Crippen LogP contribution in [0.1, 0.15) is 19.4 Å². The number of nitrogens with zero attached hydrogens (tertiary/aromatic N) is 1. The molecule has 1 saturated heterocycles. The summed E-state index contributed by atoms with van der Waals surface area (Å²) in [5.41, 5.74) is 7.75. The Kier molecular flexibility index (Phi) is 4.73. The van der Waals surface area contributed by atoms with Crippen LogP contribution in [0.25, 0.3) is 0 Å². The van der Waals surface area contributed by atoms with Crippen LogP contribution < -0.4 is 15.2 Å². The summed E-state index contributed by atoms with van der Waals surface area (Å²) >= 11 is 0. The smallest absolute Gasteiger partial charge is 0.183 e. The third kappa shape index (κ3) is 3.35. The lowest BCUT2D eigenvalue weighted by molar-refractivity contribution is -0.0704. The second-order valence-corrected chi connectivity index (χ2v) is 5.37. The molecule has 0 aromatic heterocycles. The Morgan fingerprint density at radius 1 is 1.20 bits per heavy atom. The van der Waals surface area contributed by atoms with Crippen LogP contribution in [0.3, 0.4) is 0 Å². The number of hydrogen-bond acceptors (Lipinski definition) is 5. The SMILES string of the molecule is COc1cc(CN2CC(C)OC(C)C2)cc(N)c1OC. The molecule has 2 rings (SSSR count). The van der Waals surface area contributed by atoms with Gasteiger partial charge >= 0.3 is 0 Å². The predicted molar refractivity (Wildman–Crippen MR) is 79.2 cm³/mol. The van der Waals surface area contributed by atoms with Gasteiger partial charge in [-0.3, -0.25) is 4.90 Å². The van der Waals surface area contributed by atoms with Gasteiger partial charge in [0.1, 0.15) is 0 Å². The van der Waals surface area contributed by atoms with Crippen molar-refractivity contribution in [1.29, 1.82) is 0 Å². The minimum Gasteiger partial charge on any atom is -0.493 e. The molecule has 20 heavy (non-hydrogen) atoms. The van der Waals surface area contributed by atoms with E-state index < -0.39 is 0 Å². The number of nitrogen functional groups attached to an aromatic ring is 1. The van der Waals surface area contributed by atoms with E-state index in [1.165, 1.54) is 0 Å². The lowest BCUT2D eigenvalue weighted by atomic mass is 10.1. The van der Waals surface area contributed by atoms with Crippen LogP contribution in [0.15, 0.2) is 12.1 Å². The Bertz CT molecular complexity index is 455. The average molecular weight is 280 g/mol. The van der Waals surface area contributed by atoms with E-state index in [0.717, 1.165) is 25.2 Å². The van der Waals surface area contributed by atoms with Crippen molar-refractivity contribution in [1.82, 2.24) is 4.90 Å². The largest absolute Gasteiger partial charge is 0.493 e. The van der Waals surface area contributed by atoms with Gasteiger partial charge in [0.05, 0.1) is 32.1 Å². The predicted octanol–water partition coefficient (Wildman–Crippen LogP) is 1.90. The van der Waals surface area contributed by atoms with E-state index in [-0.39, 0.29) is 12.2 Å². The molecule has 0 bridgehead atoms. The first-order valence-electron chi connectivity index (χ1n) is 6.91. The first-order valence-corrected chi connectivity index (χ1v) is 6.91. The van der Waals surface area contributed by atoms with Crippen molar-refractivity contribution in [3.8, 4) is 11.5 Å². The molecule has 112 valence electrons. The Labute approximate surface area is 120 Å². The molecular formula is C15H24N2O3. The third-order valence-electron chi connectivity index (χ3n) is 3.47. The lowest BCUT2D eigenvalue weighted by Gasteiger charge is -2.35. The van der Waals surface area contributed by atoms with Crippen molar-refractivity contribution in [2.45, 2.75) is 32.6 Å². The summed E-state index contributed by atoms with van der Waals surface area (Å²) in [7, 11) is 3.22. The summed E-state index contributed by atoms with van der Waals surface area (Å²) in [6, 6.07) is 3.94. The van der Waals surface area contributed by atoms with Gasteiger partial charge in [-0.1, -0.05) is 0 Å². The van der Waals surface area contributed by atoms with Crippen LogP contribution in [0.5, 0.6) is 11.5 Å². The minimum atomic E-state index is 0.260. The number of anilines is 1. The molecule has 1 fully saturated rings. The van der Waals surface area contributed by atoms with Gasteiger partial charge in [0, 0.05) is 19.6 Å². The number of methoxy groups -OCH3 is 2. The van der Waals surface area contributed by atoms with Gasteiger partial charge in [-0.2, -0.15) is 0 Å². The first-order chi connectivity index (χ1) is 9.53. The third-order valence-corrected chi connectivity index (χ3v) is 3.47. The molecule has 1 heterocycles. The lowest BCUT2D eigenvalue weighted by Crippen LogP contribution is -2.44. The highest BCUT2D eigenvalue weighted by Gasteiger charge is 2.22. The number of nitrogens with two attached hydrogens (primary N) is 1. The molecule has 2 N–H and O–H groups in total. The summed E-state index contributed by atoms with van der Waals surface area (Å²) in [6.07, 6.45) is 0.521. The summed E-state index contributed by atoms with van der Waals surface area (Å²) in [6.45, 7) is 6.90. The normalized spacial score (nSPS) is 23.6. The number of benzene rings is 1. The van der Waals surface area contributed by atoms with E-state index in [4.69, 9.17) is 19.9 Å². The highest BCUT2D eigenvalue weighted by atomic mass is 16.5. The first kappa shape index (κ1) is 14.9. The average Bonchev–Trinajstić information content (AvgIpc) is 2.36. The Balaban J connectivity index is 2.15. The highest BCUT2D eigenvalue weighted by Crippen LogP contribution is 2.35. The molecule has 0 spiro atoms. The van der Waals surface area contributed by atoms with E-state index in [1.54, 1.807) is 14.2 Å². The number of rotatable bonds is 4. The van der Waals surface area contributed by atoms with E-state index in [9.17, 15) is 0 Å². The van der Waals surface area contributed by atoms with Gasteiger partial charge in [-0.25, -0.2) is 0 Å². The molecule has 0 amide bonds. The van der Waals surface area contributed by atoms with E-state index in [2.05, 4.69) is 18.7 Å². The minimum absolute atomic E-state index is 0.260. The molecule has 0 radical (unpaired) electrons. The van der Waals surface area contributed by atoms with Crippen LogP contribution in [-0.2, 0) is 11.3 Å². The Morgan fingerprint density at radius 2 is 1.85 bits per heavy atom. The number of hydrogen-bond donors (Lipinski definition) is 1. The maximum atomic E-state index is 6.02. The second-order valence-electron chi connectivity index (χ2n) is 5.37. The van der Waals surface area contributed by atoms with E-state index in [1.807, 2.05) is 12.1 Å². The van der Waals surface area contributed by atoms with Crippen LogP contribution in [0.4, 0.5) is 5.69 Å². The van der Waals surface area contributed by atoms with Gasteiger partial charge in [0.15, 0.2) is 11.5 Å². The van der Waals surface area contributed by atoms with Crippen molar-refractivity contribution in [3.05, 3.63) is 17.7 Å². The van der Waals surface area contributed by atoms with Gasteiger partial charge in [0.25, 0.3) is 0 Å². The number of ether oxygens (including phenoxy) is 3. The van der Waals surface area contributed by atoms with Gasteiger partial charge < -0.3 is 19.9 Å². The van der Waals surface area contributed by atoms with E-state index >= 15 is 0 Å². The summed E-state index contributed by atoms with van der Waals surface area (Å²) < 4.78 is 16.4. The maximum absolute atomic E-state index is 6.02. The Hall–Kier alpha value is -1.46. The molecule has 1 aliphatic rings. The molecule has 2 atom stereocenters. The van der Waals surface area contributed by atoms with Crippen LogP contribution in [0.2, 0.25) is 0 Å². The molecule has 1 aromatic rings. The molecular weight excluding hydrogens is 256 g/mol. The van der Waals surface area contributed by atoms with Gasteiger partial charge in [-0.15, -0.1) is 0 Å². The fraction of sp³-hybridized carbons (Fsp3) is 0.600. The van der Waals surface area contributed by atoms with Crippen molar-refractivity contribution in [2.75, 3.05) is 33.0 Å². The quantitative estimate of drug-likeness (QED) is 0.854. The van der Waals surface area contributed by atoms with E-state index in [0.29, 0.717) is 17.2 Å². The van der Waals surface area contributed by atoms with Crippen LogP contribution in [-0.4, -0.2) is 44.4 Å². The van der Waals surface area contributed by atoms with Gasteiger partial charge in [0.2, 0.25) is 0 Å². The molecule has 5 heteroatoms. The fourth-order valence-corrected chi connectivity index (χ4v) is 2.82. The zero-order valence-corrected chi connectivity index (χ0v) is 12.7. The molecule has 0 aliphatic carbocycles. The van der Waals surface area contributed by atoms with Crippen molar-refractivity contribution in [2.24, 2.45) is 0 Å². The molecule has 5 nitrogen and oxygen atoms in total. The van der Waals surface area contributed by atoms with Crippen molar-refractivity contribution >= 4 is 5.69 Å². The van der Waals surface area contributed by atoms with Crippen molar-refractivity contribution in [3.63, 3.8) is 0 Å². The second kappa shape index (κ2) is 6.33. The van der Waals surface area contributed by atoms with Gasteiger partial charge in [-0.05, 0) is 31.5 Å². The molecule has 2 unspecified atom stereocenters. The molecule has 1 aromatic carbocycles. The zero-order chi connectivity index (χ0) is 14.7. The fourth-order valence-electron chi connectivity index (χ4n) is 2.82. The van der Waals surface area contributed by atoms with Crippen molar-refractivity contribution < 1.29 is 14.2 Å². The standard InChI is InChI=1S/C15H24N2O3/c1-10-7-17(8-11(2)20-10)9-12-5-13(16)15(19-4)14(6-12)18-3/h5-6,10-11H,7-9,16H2,1-4H3. The van der Waals surface area contributed by atoms with Crippen LogP contribution in [0, 0.1) is 0 Å². The monoisotopic (exact) mass is 280 g/mol. The summed E-state index contributed by atoms with van der Waals surface area (Å²) in [4.78, 5) is 2.37. The maximum Gasteiger partial charge on any atom is 0.183 e. The zero-order valence-electron chi connectivity index (χ0n) is 12.7. The molecule has 1 aliphatic heterocycles. The summed E-state index contributed by atoms with van der Waals surface area (Å²) in [5.74, 6) is 1.27. The number of morpholine rings is 1.